The Hall–Kier alpha value is -0.610. The van der Waals surface area contributed by atoms with E-state index in [-0.39, 0.29) is 17.9 Å². The average molecular weight is 256 g/mol. The number of nitrogens with two attached hydrogens (primary N) is 1. The monoisotopic (exact) mass is 256 g/mol. The van der Waals surface area contributed by atoms with Crippen molar-refractivity contribution in [1.82, 2.24) is 4.90 Å². The Morgan fingerprint density at radius 1 is 1.50 bits per heavy atom. The molecule has 0 bridgehead atoms. The molecule has 1 saturated heterocycles. The van der Waals surface area contributed by atoms with E-state index < -0.39 is 0 Å². The summed E-state index contributed by atoms with van der Waals surface area (Å²) in [5.74, 6) is 0.465. The SMILES string of the molecule is CCCOC1CCCN(C(=O)C(CN)C(C)C)C1. The summed E-state index contributed by atoms with van der Waals surface area (Å²) in [7, 11) is 0. The highest BCUT2D eigenvalue weighted by Gasteiger charge is 2.29. The first-order chi connectivity index (χ1) is 8.60. The van der Waals surface area contributed by atoms with E-state index in [2.05, 4.69) is 20.8 Å². The number of carbonyl (C=O) groups excluding carboxylic acids is 1. The molecule has 2 N–H and O–H groups in total. The van der Waals surface area contributed by atoms with Crippen LogP contribution in [0, 0.1) is 11.8 Å². The third kappa shape index (κ3) is 4.25. The van der Waals surface area contributed by atoms with E-state index in [1.165, 1.54) is 0 Å². The number of likely N-dealkylation sites (tertiary alicyclic amines) is 1. The summed E-state index contributed by atoms with van der Waals surface area (Å²) < 4.78 is 5.76. The first-order valence-corrected chi connectivity index (χ1v) is 7.20. The normalized spacial score (nSPS) is 22.3. The van der Waals surface area contributed by atoms with Crippen molar-refractivity contribution in [1.29, 1.82) is 0 Å². The molecule has 0 aromatic heterocycles. The predicted molar refractivity (Wildman–Crippen MR) is 73.2 cm³/mol. The van der Waals surface area contributed by atoms with Crippen molar-refractivity contribution in [3.05, 3.63) is 0 Å². The quantitative estimate of drug-likeness (QED) is 0.786. The molecule has 1 heterocycles. The van der Waals surface area contributed by atoms with Crippen LogP contribution in [0.15, 0.2) is 0 Å². The summed E-state index contributed by atoms with van der Waals surface area (Å²) in [4.78, 5) is 14.3. The molecule has 4 nitrogen and oxygen atoms in total. The fourth-order valence-corrected chi connectivity index (χ4v) is 2.45. The van der Waals surface area contributed by atoms with Crippen molar-refractivity contribution in [2.75, 3.05) is 26.2 Å². The molecule has 18 heavy (non-hydrogen) atoms. The van der Waals surface area contributed by atoms with Gasteiger partial charge in [0.25, 0.3) is 0 Å². The van der Waals surface area contributed by atoms with Crippen LogP contribution in [0.1, 0.15) is 40.0 Å². The lowest BCUT2D eigenvalue weighted by atomic mass is 9.93. The van der Waals surface area contributed by atoms with Crippen molar-refractivity contribution in [2.45, 2.75) is 46.1 Å². The molecular formula is C14H28N2O2. The fourth-order valence-electron chi connectivity index (χ4n) is 2.45. The van der Waals surface area contributed by atoms with E-state index in [0.717, 1.165) is 39.0 Å². The van der Waals surface area contributed by atoms with Gasteiger partial charge in [0, 0.05) is 26.2 Å². The predicted octanol–water partition coefficient (Wildman–Crippen LogP) is 1.63. The maximum atomic E-state index is 12.4. The lowest BCUT2D eigenvalue weighted by Crippen LogP contribution is -2.48. The maximum Gasteiger partial charge on any atom is 0.227 e. The van der Waals surface area contributed by atoms with Crippen LogP contribution in [0.3, 0.4) is 0 Å². The van der Waals surface area contributed by atoms with E-state index in [4.69, 9.17) is 10.5 Å². The molecule has 106 valence electrons. The lowest BCUT2D eigenvalue weighted by molar-refractivity contribution is -0.140. The van der Waals surface area contributed by atoms with Crippen molar-refractivity contribution in [3.8, 4) is 0 Å². The second-order valence-electron chi connectivity index (χ2n) is 5.51. The molecule has 1 aliphatic rings. The molecule has 1 aliphatic heterocycles. The number of hydrogen-bond donors (Lipinski definition) is 1. The van der Waals surface area contributed by atoms with Gasteiger partial charge < -0.3 is 15.4 Å². The van der Waals surface area contributed by atoms with Gasteiger partial charge >= 0.3 is 0 Å². The smallest absolute Gasteiger partial charge is 0.227 e. The maximum absolute atomic E-state index is 12.4. The van der Waals surface area contributed by atoms with Crippen LogP contribution in [0.2, 0.25) is 0 Å². The van der Waals surface area contributed by atoms with Crippen LogP contribution in [0.25, 0.3) is 0 Å². The minimum Gasteiger partial charge on any atom is -0.376 e. The molecule has 0 spiro atoms. The first-order valence-electron chi connectivity index (χ1n) is 7.20. The van der Waals surface area contributed by atoms with E-state index in [1.54, 1.807) is 0 Å². The molecule has 0 aliphatic carbocycles. The van der Waals surface area contributed by atoms with Crippen LogP contribution >= 0.6 is 0 Å². The molecule has 0 saturated carbocycles. The van der Waals surface area contributed by atoms with Gasteiger partial charge in [0.1, 0.15) is 0 Å². The molecule has 2 atom stereocenters. The van der Waals surface area contributed by atoms with Gasteiger partial charge in [-0.2, -0.15) is 0 Å². The molecule has 0 aromatic rings. The Balaban J connectivity index is 2.51. The topological polar surface area (TPSA) is 55.6 Å². The highest BCUT2D eigenvalue weighted by molar-refractivity contribution is 5.79. The van der Waals surface area contributed by atoms with Crippen LogP contribution in [-0.2, 0) is 9.53 Å². The van der Waals surface area contributed by atoms with Crippen LogP contribution in [0.5, 0.6) is 0 Å². The van der Waals surface area contributed by atoms with E-state index in [1.807, 2.05) is 4.90 Å². The Kier molecular flexibility index (Phi) is 6.65. The number of amides is 1. The zero-order valence-electron chi connectivity index (χ0n) is 12.0. The largest absolute Gasteiger partial charge is 0.376 e. The van der Waals surface area contributed by atoms with Crippen LogP contribution < -0.4 is 5.73 Å². The van der Waals surface area contributed by atoms with E-state index in [0.29, 0.717) is 12.5 Å². The fraction of sp³-hybridized carbons (Fsp3) is 0.929. The van der Waals surface area contributed by atoms with Gasteiger partial charge in [0.15, 0.2) is 0 Å². The Morgan fingerprint density at radius 3 is 2.78 bits per heavy atom. The van der Waals surface area contributed by atoms with Gasteiger partial charge in [-0.15, -0.1) is 0 Å². The van der Waals surface area contributed by atoms with Crippen LogP contribution in [0.4, 0.5) is 0 Å². The summed E-state index contributed by atoms with van der Waals surface area (Å²) >= 11 is 0. The second-order valence-corrected chi connectivity index (χ2v) is 5.51. The number of rotatable bonds is 6. The van der Waals surface area contributed by atoms with Gasteiger partial charge in [0.2, 0.25) is 5.91 Å². The number of piperidine rings is 1. The van der Waals surface area contributed by atoms with Crippen molar-refractivity contribution in [3.63, 3.8) is 0 Å². The summed E-state index contributed by atoms with van der Waals surface area (Å²) in [6.45, 7) is 9.05. The molecule has 1 fully saturated rings. The van der Waals surface area contributed by atoms with Gasteiger partial charge in [-0.3, -0.25) is 4.79 Å². The van der Waals surface area contributed by atoms with E-state index in [9.17, 15) is 4.79 Å². The van der Waals surface area contributed by atoms with Gasteiger partial charge in [-0.25, -0.2) is 0 Å². The third-order valence-electron chi connectivity index (χ3n) is 3.62. The summed E-state index contributed by atoms with van der Waals surface area (Å²) in [5.41, 5.74) is 5.72. The molecule has 0 aromatic carbocycles. The molecule has 0 radical (unpaired) electrons. The lowest BCUT2D eigenvalue weighted by Gasteiger charge is -2.35. The summed E-state index contributed by atoms with van der Waals surface area (Å²) in [5, 5.41) is 0. The Morgan fingerprint density at radius 2 is 2.22 bits per heavy atom. The van der Waals surface area contributed by atoms with Gasteiger partial charge in [-0.1, -0.05) is 20.8 Å². The highest BCUT2D eigenvalue weighted by atomic mass is 16.5. The van der Waals surface area contributed by atoms with Crippen LogP contribution in [-0.4, -0.2) is 43.2 Å². The number of ether oxygens (including phenoxy) is 1. The van der Waals surface area contributed by atoms with Crippen molar-refractivity contribution < 1.29 is 9.53 Å². The summed E-state index contributed by atoms with van der Waals surface area (Å²) in [6, 6.07) is 0. The molecule has 2 unspecified atom stereocenters. The minimum absolute atomic E-state index is 0.0464. The minimum atomic E-state index is -0.0464. The Labute approximate surface area is 111 Å². The van der Waals surface area contributed by atoms with Crippen molar-refractivity contribution in [2.24, 2.45) is 17.6 Å². The zero-order valence-corrected chi connectivity index (χ0v) is 12.0. The molecular weight excluding hydrogens is 228 g/mol. The summed E-state index contributed by atoms with van der Waals surface area (Å²) in [6.07, 6.45) is 3.35. The third-order valence-corrected chi connectivity index (χ3v) is 3.62. The number of hydrogen-bond acceptors (Lipinski definition) is 3. The van der Waals surface area contributed by atoms with Crippen molar-refractivity contribution >= 4 is 5.91 Å². The standard InChI is InChI=1S/C14H28N2O2/c1-4-8-18-12-6-5-7-16(10-12)14(17)13(9-15)11(2)3/h11-13H,4-10,15H2,1-3H3. The second kappa shape index (κ2) is 7.74. The number of carbonyl (C=O) groups is 1. The Bertz CT molecular complexity index is 256. The zero-order chi connectivity index (χ0) is 13.5. The molecule has 4 heteroatoms. The van der Waals surface area contributed by atoms with Gasteiger partial charge in [-0.05, 0) is 25.2 Å². The molecule has 1 amide bonds. The molecule has 1 rings (SSSR count). The van der Waals surface area contributed by atoms with E-state index >= 15 is 0 Å². The first kappa shape index (κ1) is 15.4. The van der Waals surface area contributed by atoms with Gasteiger partial charge in [0.05, 0.1) is 12.0 Å². The highest BCUT2D eigenvalue weighted by Crippen LogP contribution is 2.19. The average Bonchev–Trinajstić information content (AvgIpc) is 2.37. The number of nitrogens with zero attached hydrogens (tertiary/aromatic N) is 1.